The summed E-state index contributed by atoms with van der Waals surface area (Å²) < 4.78 is 5.35. The van der Waals surface area contributed by atoms with Crippen molar-refractivity contribution >= 4 is 5.96 Å². The predicted octanol–water partition coefficient (Wildman–Crippen LogP) is 0.598. The number of ether oxygens (including phenoxy) is 1. The van der Waals surface area contributed by atoms with Crippen LogP contribution in [-0.4, -0.2) is 43.2 Å². The van der Waals surface area contributed by atoms with Crippen LogP contribution < -0.4 is 5.73 Å². The molecule has 0 amide bonds. The van der Waals surface area contributed by atoms with Gasteiger partial charge in [-0.1, -0.05) is 6.08 Å². The molecule has 0 bridgehead atoms. The Kier molecular flexibility index (Phi) is 2.69. The highest BCUT2D eigenvalue weighted by molar-refractivity contribution is 5.81. The summed E-state index contributed by atoms with van der Waals surface area (Å²) in [7, 11) is 1.74. The summed E-state index contributed by atoms with van der Waals surface area (Å²) in [5, 5.41) is 0. The Morgan fingerprint density at radius 2 is 2.47 bits per heavy atom. The van der Waals surface area contributed by atoms with Gasteiger partial charge >= 0.3 is 0 Å². The number of guanidine groups is 1. The van der Waals surface area contributed by atoms with Crippen LogP contribution in [0, 0.1) is 5.92 Å². The Morgan fingerprint density at radius 3 is 3.00 bits per heavy atom. The lowest BCUT2D eigenvalue weighted by atomic mass is 9.93. The summed E-state index contributed by atoms with van der Waals surface area (Å²) >= 11 is 0. The van der Waals surface area contributed by atoms with Gasteiger partial charge in [0.1, 0.15) is 0 Å². The zero-order valence-electron chi connectivity index (χ0n) is 9.28. The fraction of sp³-hybridized carbons (Fsp3) is 0.727. The summed E-state index contributed by atoms with van der Waals surface area (Å²) in [5.41, 5.74) is 5.92. The van der Waals surface area contributed by atoms with Gasteiger partial charge < -0.3 is 15.4 Å². The van der Waals surface area contributed by atoms with Crippen LogP contribution in [0.25, 0.3) is 0 Å². The van der Waals surface area contributed by atoms with Gasteiger partial charge in [-0.3, -0.25) is 4.99 Å². The van der Waals surface area contributed by atoms with Crippen molar-refractivity contribution in [2.24, 2.45) is 16.6 Å². The first-order valence-corrected chi connectivity index (χ1v) is 5.42. The number of nitrogens with zero attached hydrogens (tertiary/aromatic N) is 2. The third kappa shape index (κ3) is 1.63. The summed E-state index contributed by atoms with van der Waals surface area (Å²) in [6, 6.07) is 0. The molecule has 2 rings (SSSR count). The molecule has 2 N–H and O–H groups in total. The van der Waals surface area contributed by atoms with Crippen molar-refractivity contribution in [3.63, 3.8) is 0 Å². The van der Waals surface area contributed by atoms with E-state index in [2.05, 4.69) is 16.5 Å². The van der Waals surface area contributed by atoms with E-state index < -0.39 is 0 Å². The van der Waals surface area contributed by atoms with E-state index in [1.165, 1.54) is 12.8 Å². The second kappa shape index (κ2) is 3.85. The lowest BCUT2D eigenvalue weighted by Crippen LogP contribution is -2.56. The molecular formula is C11H19N3O. The third-order valence-electron chi connectivity index (χ3n) is 3.37. The minimum Gasteiger partial charge on any atom is -0.382 e. The highest BCUT2D eigenvalue weighted by atomic mass is 16.5. The van der Waals surface area contributed by atoms with Gasteiger partial charge in [-0.25, -0.2) is 0 Å². The first-order chi connectivity index (χ1) is 7.24. The topological polar surface area (TPSA) is 50.8 Å². The average molecular weight is 209 g/mol. The fourth-order valence-electron chi connectivity index (χ4n) is 2.48. The summed E-state index contributed by atoms with van der Waals surface area (Å²) in [6.45, 7) is 6.00. The Balaban J connectivity index is 2.19. The molecule has 4 heteroatoms. The maximum atomic E-state index is 5.91. The molecule has 2 aliphatic rings. The van der Waals surface area contributed by atoms with E-state index in [0.717, 1.165) is 13.1 Å². The molecule has 0 radical (unpaired) electrons. The van der Waals surface area contributed by atoms with Crippen LogP contribution in [-0.2, 0) is 4.74 Å². The maximum Gasteiger partial charge on any atom is 0.192 e. The van der Waals surface area contributed by atoms with Gasteiger partial charge in [0.25, 0.3) is 0 Å². The number of hydrogen-bond acceptors (Lipinski definition) is 4. The van der Waals surface area contributed by atoms with Crippen LogP contribution in [0.2, 0.25) is 0 Å². The minimum atomic E-state index is 0.00697. The van der Waals surface area contributed by atoms with E-state index in [4.69, 9.17) is 10.5 Å². The molecule has 1 unspecified atom stereocenters. The zero-order valence-corrected chi connectivity index (χ0v) is 9.28. The van der Waals surface area contributed by atoms with E-state index in [9.17, 15) is 0 Å². The number of methoxy groups -OCH3 is 1. The van der Waals surface area contributed by atoms with E-state index in [-0.39, 0.29) is 5.54 Å². The average Bonchev–Trinajstić information content (AvgIpc) is 3.01. The minimum absolute atomic E-state index is 0.00697. The molecule has 0 aromatic carbocycles. The highest BCUT2D eigenvalue weighted by Crippen LogP contribution is 2.45. The van der Waals surface area contributed by atoms with E-state index in [1.807, 2.05) is 6.08 Å². The Morgan fingerprint density at radius 1 is 1.73 bits per heavy atom. The van der Waals surface area contributed by atoms with Crippen molar-refractivity contribution in [3.8, 4) is 0 Å². The normalized spacial score (nSPS) is 30.5. The van der Waals surface area contributed by atoms with Gasteiger partial charge in [-0.2, -0.15) is 0 Å². The lowest BCUT2D eigenvalue weighted by molar-refractivity contribution is 0.0560. The Bertz CT molecular complexity index is 286. The van der Waals surface area contributed by atoms with Crippen LogP contribution in [0.4, 0.5) is 0 Å². The third-order valence-corrected chi connectivity index (χ3v) is 3.37. The molecule has 0 saturated heterocycles. The van der Waals surface area contributed by atoms with Crippen LogP contribution >= 0.6 is 0 Å². The van der Waals surface area contributed by atoms with E-state index >= 15 is 0 Å². The molecule has 1 atom stereocenters. The van der Waals surface area contributed by atoms with Gasteiger partial charge in [0.15, 0.2) is 5.96 Å². The van der Waals surface area contributed by atoms with E-state index in [1.54, 1.807) is 7.11 Å². The van der Waals surface area contributed by atoms with E-state index in [0.29, 0.717) is 18.5 Å². The molecule has 0 spiro atoms. The van der Waals surface area contributed by atoms with Crippen molar-refractivity contribution < 1.29 is 4.74 Å². The standard InChI is InChI=1S/C11H19N3O/c1-3-6-14-10(12)13-7-11(14,8-15-2)9-4-5-9/h3,9H,1,4-8H2,2H3,(H2,12,13). The first kappa shape index (κ1) is 10.5. The van der Waals surface area contributed by atoms with Crippen molar-refractivity contribution in [1.82, 2.24) is 4.90 Å². The molecule has 1 aliphatic heterocycles. The molecule has 1 aliphatic carbocycles. The second-order valence-corrected chi connectivity index (χ2v) is 4.38. The van der Waals surface area contributed by atoms with Crippen molar-refractivity contribution in [2.45, 2.75) is 18.4 Å². The van der Waals surface area contributed by atoms with Gasteiger partial charge in [0.05, 0.1) is 18.7 Å². The molecule has 1 saturated carbocycles. The lowest BCUT2D eigenvalue weighted by Gasteiger charge is -2.38. The molecule has 84 valence electrons. The summed E-state index contributed by atoms with van der Waals surface area (Å²) in [6.07, 6.45) is 4.40. The predicted molar refractivity (Wildman–Crippen MR) is 60.7 cm³/mol. The number of hydrogen-bond donors (Lipinski definition) is 1. The van der Waals surface area contributed by atoms with Gasteiger partial charge in [-0.15, -0.1) is 6.58 Å². The summed E-state index contributed by atoms with van der Waals surface area (Å²) in [4.78, 5) is 6.52. The van der Waals surface area contributed by atoms with Crippen molar-refractivity contribution in [1.29, 1.82) is 0 Å². The largest absolute Gasteiger partial charge is 0.382 e. The first-order valence-electron chi connectivity index (χ1n) is 5.42. The Hall–Kier alpha value is -1.03. The van der Waals surface area contributed by atoms with Gasteiger partial charge in [-0.05, 0) is 18.8 Å². The quantitative estimate of drug-likeness (QED) is 0.674. The second-order valence-electron chi connectivity index (χ2n) is 4.38. The smallest absolute Gasteiger partial charge is 0.192 e. The maximum absolute atomic E-state index is 5.91. The van der Waals surface area contributed by atoms with Crippen LogP contribution in [0.5, 0.6) is 0 Å². The SMILES string of the molecule is C=CCN1C(N)=NCC1(COC)C1CC1. The number of rotatable bonds is 5. The fourth-order valence-corrected chi connectivity index (χ4v) is 2.48. The van der Waals surface area contributed by atoms with Crippen LogP contribution in [0.15, 0.2) is 17.6 Å². The molecule has 15 heavy (non-hydrogen) atoms. The monoisotopic (exact) mass is 209 g/mol. The van der Waals surface area contributed by atoms with Gasteiger partial charge in [0.2, 0.25) is 0 Å². The number of nitrogens with two attached hydrogens (primary N) is 1. The van der Waals surface area contributed by atoms with Gasteiger partial charge in [0, 0.05) is 13.7 Å². The molecule has 1 fully saturated rings. The van der Waals surface area contributed by atoms with Crippen molar-refractivity contribution in [2.75, 3.05) is 26.8 Å². The molecule has 1 heterocycles. The Labute approximate surface area is 90.8 Å². The molecule has 4 nitrogen and oxygen atoms in total. The van der Waals surface area contributed by atoms with Crippen molar-refractivity contribution in [3.05, 3.63) is 12.7 Å². The molecule has 0 aromatic rings. The molecule has 0 aromatic heterocycles. The number of aliphatic imine (C=N–C) groups is 1. The zero-order chi connectivity index (χ0) is 10.9. The molecular weight excluding hydrogens is 190 g/mol. The summed E-state index contributed by atoms with van der Waals surface area (Å²) in [5.74, 6) is 1.32. The van der Waals surface area contributed by atoms with Crippen LogP contribution in [0.1, 0.15) is 12.8 Å². The van der Waals surface area contributed by atoms with Crippen LogP contribution in [0.3, 0.4) is 0 Å². The highest BCUT2D eigenvalue weighted by Gasteiger charge is 2.52.